The van der Waals surface area contributed by atoms with Crippen LogP contribution in [0.5, 0.6) is 0 Å². The second-order valence-electron chi connectivity index (χ2n) is 13.2. The van der Waals surface area contributed by atoms with Crippen LogP contribution in [0.1, 0.15) is 194 Å². The summed E-state index contributed by atoms with van der Waals surface area (Å²) in [6.07, 6.45) is 32.9. The molecule has 2 N–H and O–H groups in total. The zero-order valence-corrected chi connectivity index (χ0v) is 30.8. The van der Waals surface area contributed by atoms with Gasteiger partial charge in [0.05, 0.1) is 13.2 Å². The molecule has 0 bridgehead atoms. The van der Waals surface area contributed by atoms with Crippen molar-refractivity contribution in [3.63, 3.8) is 0 Å². The Morgan fingerprint density at radius 2 is 0.935 bits per heavy atom. The molecule has 8 heteroatoms. The van der Waals surface area contributed by atoms with Gasteiger partial charge >= 0.3 is 0 Å². The van der Waals surface area contributed by atoms with Gasteiger partial charge in [-0.25, -0.2) is 0 Å². The number of imide groups is 1. The predicted molar refractivity (Wildman–Crippen MR) is 193 cm³/mol. The molecule has 0 saturated heterocycles. The van der Waals surface area contributed by atoms with E-state index in [0.29, 0.717) is 12.8 Å². The van der Waals surface area contributed by atoms with Crippen molar-refractivity contribution in [2.24, 2.45) is 0 Å². The van der Waals surface area contributed by atoms with Crippen molar-refractivity contribution in [2.75, 3.05) is 19.0 Å². The highest BCUT2D eigenvalue weighted by Gasteiger charge is 2.29. The van der Waals surface area contributed by atoms with E-state index in [4.69, 9.17) is 9.29 Å². The molecule has 0 aromatic carbocycles. The molecule has 0 heterocycles. The van der Waals surface area contributed by atoms with E-state index in [1.807, 2.05) is 6.29 Å². The Bertz CT molecular complexity index is 652. The van der Waals surface area contributed by atoms with E-state index < -0.39 is 18.8 Å². The quantitative estimate of drug-likeness (QED) is 0.0505. The fourth-order valence-electron chi connectivity index (χ4n) is 5.77. The lowest BCUT2D eigenvalue weighted by atomic mass is 10.0. The third-order valence-corrected chi connectivity index (χ3v) is 9.51. The SMILES string of the molecule is CCCCCCCCCCCCCCCC(=O)N(C(=O)CCCCCCCCCCCCCCC)[C@H]([C]=O)CSOCC(O)CO. The summed E-state index contributed by atoms with van der Waals surface area (Å²) in [5.41, 5.74) is 0. The molecular weight excluding hydrogens is 598 g/mol. The lowest BCUT2D eigenvalue weighted by molar-refractivity contribution is -0.146. The molecule has 1 radical (unpaired) electrons. The normalized spacial score (nSPS) is 12.7. The minimum Gasteiger partial charge on any atom is -0.394 e. The first kappa shape index (κ1) is 45.0. The summed E-state index contributed by atoms with van der Waals surface area (Å²) in [7, 11) is 0. The van der Waals surface area contributed by atoms with Crippen molar-refractivity contribution in [3.8, 4) is 0 Å². The molecule has 0 saturated carbocycles. The van der Waals surface area contributed by atoms with Crippen LogP contribution >= 0.6 is 12.0 Å². The summed E-state index contributed by atoms with van der Waals surface area (Å²) in [6.45, 7) is 3.97. The van der Waals surface area contributed by atoms with Crippen LogP contribution in [0, 0.1) is 0 Å². The van der Waals surface area contributed by atoms with Crippen LogP contribution in [0.4, 0.5) is 0 Å². The smallest absolute Gasteiger partial charge is 0.229 e. The summed E-state index contributed by atoms with van der Waals surface area (Å²) in [4.78, 5) is 39.4. The van der Waals surface area contributed by atoms with Crippen LogP contribution < -0.4 is 0 Å². The Balaban J connectivity index is 4.44. The van der Waals surface area contributed by atoms with E-state index in [-0.39, 0.29) is 37.0 Å². The summed E-state index contributed by atoms with van der Waals surface area (Å²) < 4.78 is 5.27. The van der Waals surface area contributed by atoms with Crippen LogP contribution in [-0.4, -0.2) is 64.3 Å². The number of hydrogen-bond acceptors (Lipinski definition) is 7. The van der Waals surface area contributed by atoms with E-state index in [1.165, 1.54) is 128 Å². The lowest BCUT2D eigenvalue weighted by Crippen LogP contribution is -2.47. The van der Waals surface area contributed by atoms with E-state index in [2.05, 4.69) is 13.8 Å². The molecule has 0 fully saturated rings. The number of rotatable bonds is 36. The van der Waals surface area contributed by atoms with Gasteiger partial charge in [0.2, 0.25) is 18.1 Å². The van der Waals surface area contributed by atoms with Gasteiger partial charge in [0, 0.05) is 18.6 Å². The average Bonchev–Trinajstić information content (AvgIpc) is 3.06. The Morgan fingerprint density at radius 1 is 0.609 bits per heavy atom. The molecule has 0 aliphatic heterocycles. The standard InChI is InChI=1S/C38H72NO6S/c1-3-5-7-9-11-13-15-17-19-21-23-25-27-29-37(43)39(35(31-40)34-46-45-33-36(42)32-41)38(44)30-28-26-24-22-20-18-16-14-12-10-8-6-4-2/h35-36,41-42H,3-30,32-34H2,1-2H3/t35-,36?/m1/s1. The van der Waals surface area contributed by atoms with Crippen molar-refractivity contribution < 1.29 is 28.8 Å². The Hall–Kier alpha value is -0.960. The molecule has 46 heavy (non-hydrogen) atoms. The van der Waals surface area contributed by atoms with Gasteiger partial charge in [0.15, 0.2) is 0 Å². The number of aliphatic hydroxyl groups excluding tert-OH is 2. The Kier molecular flexibility index (Phi) is 34.6. The molecule has 2 amide bonds. The second kappa shape index (κ2) is 35.3. The van der Waals surface area contributed by atoms with Gasteiger partial charge in [-0.2, -0.15) is 0 Å². The third-order valence-electron chi connectivity index (χ3n) is 8.75. The van der Waals surface area contributed by atoms with Gasteiger partial charge in [-0.3, -0.25) is 19.3 Å². The highest BCUT2D eigenvalue weighted by Crippen LogP contribution is 2.18. The average molecular weight is 671 g/mol. The van der Waals surface area contributed by atoms with E-state index in [9.17, 15) is 19.5 Å². The number of aliphatic hydroxyl groups is 2. The third kappa shape index (κ3) is 28.1. The van der Waals surface area contributed by atoms with Crippen LogP contribution in [0.2, 0.25) is 0 Å². The first-order valence-electron chi connectivity index (χ1n) is 19.3. The minimum atomic E-state index is -1.03. The van der Waals surface area contributed by atoms with Gasteiger partial charge < -0.3 is 14.4 Å². The van der Waals surface area contributed by atoms with Crippen molar-refractivity contribution >= 4 is 30.1 Å². The number of unbranched alkanes of at least 4 members (excludes halogenated alkanes) is 24. The zero-order valence-electron chi connectivity index (χ0n) is 30.0. The van der Waals surface area contributed by atoms with Crippen molar-refractivity contribution in [1.82, 2.24) is 4.90 Å². The number of carbonyl (C=O) groups excluding carboxylic acids is 3. The topological polar surface area (TPSA) is 104 Å². The molecule has 1 unspecified atom stereocenters. The second-order valence-corrected chi connectivity index (χ2v) is 14.0. The first-order valence-corrected chi connectivity index (χ1v) is 20.2. The monoisotopic (exact) mass is 671 g/mol. The van der Waals surface area contributed by atoms with Gasteiger partial charge in [-0.05, 0) is 24.9 Å². The highest BCUT2D eigenvalue weighted by molar-refractivity contribution is 7.94. The van der Waals surface area contributed by atoms with Crippen molar-refractivity contribution in [3.05, 3.63) is 0 Å². The molecule has 0 aromatic heterocycles. The van der Waals surface area contributed by atoms with E-state index >= 15 is 0 Å². The predicted octanol–water partition coefficient (Wildman–Crippen LogP) is 9.80. The molecule has 0 rings (SSSR count). The minimum absolute atomic E-state index is 0.0519. The largest absolute Gasteiger partial charge is 0.394 e. The van der Waals surface area contributed by atoms with Crippen molar-refractivity contribution in [1.29, 1.82) is 0 Å². The fraction of sp³-hybridized carbons (Fsp3) is 0.921. The zero-order chi connectivity index (χ0) is 33.9. The summed E-state index contributed by atoms with van der Waals surface area (Å²) in [6, 6.07) is -1.03. The molecule has 0 spiro atoms. The van der Waals surface area contributed by atoms with Gasteiger partial charge in [-0.15, -0.1) is 0 Å². The summed E-state index contributed by atoms with van der Waals surface area (Å²) >= 11 is 0.908. The number of hydrogen-bond donors (Lipinski definition) is 2. The first-order chi connectivity index (χ1) is 22.5. The molecule has 2 atom stereocenters. The molecule has 271 valence electrons. The van der Waals surface area contributed by atoms with Crippen LogP contribution in [0.15, 0.2) is 0 Å². The summed E-state index contributed by atoms with van der Waals surface area (Å²) in [5.74, 6) is -0.574. The maximum Gasteiger partial charge on any atom is 0.229 e. The molecule has 0 aliphatic carbocycles. The van der Waals surface area contributed by atoms with Crippen LogP contribution in [-0.2, 0) is 18.6 Å². The Morgan fingerprint density at radius 3 is 1.24 bits per heavy atom. The molecule has 0 aromatic rings. The maximum absolute atomic E-state index is 13.2. The Labute approximate surface area is 288 Å². The summed E-state index contributed by atoms with van der Waals surface area (Å²) in [5, 5.41) is 18.4. The van der Waals surface area contributed by atoms with Gasteiger partial charge in [0.25, 0.3) is 0 Å². The van der Waals surface area contributed by atoms with Crippen LogP contribution in [0.25, 0.3) is 0 Å². The lowest BCUT2D eigenvalue weighted by Gasteiger charge is -2.26. The molecule has 7 nitrogen and oxygen atoms in total. The van der Waals surface area contributed by atoms with Crippen molar-refractivity contribution in [2.45, 2.75) is 206 Å². The molecular formula is C38H72NO6S. The highest BCUT2D eigenvalue weighted by atomic mass is 32.2. The van der Waals surface area contributed by atoms with Gasteiger partial charge in [0.1, 0.15) is 12.1 Å². The van der Waals surface area contributed by atoms with Crippen LogP contribution in [0.3, 0.4) is 0 Å². The number of nitrogens with zero attached hydrogens (tertiary/aromatic N) is 1. The van der Waals surface area contributed by atoms with E-state index in [1.54, 1.807) is 0 Å². The number of amides is 2. The maximum atomic E-state index is 13.2. The fourth-order valence-corrected chi connectivity index (χ4v) is 6.46. The van der Waals surface area contributed by atoms with Gasteiger partial charge in [-0.1, -0.05) is 168 Å². The number of carbonyl (C=O) groups is 2. The molecule has 0 aliphatic rings. The van der Waals surface area contributed by atoms with E-state index in [0.717, 1.165) is 42.6 Å².